The number of nitrogens with zero attached hydrogens (tertiary/aromatic N) is 4. The van der Waals surface area contributed by atoms with Crippen LogP contribution in [0, 0.1) is 0 Å². The first-order valence-electron chi connectivity index (χ1n) is 19.1. The van der Waals surface area contributed by atoms with Crippen molar-refractivity contribution < 1.29 is 28.8 Å². The van der Waals surface area contributed by atoms with Crippen LogP contribution in [0.4, 0.5) is 34.1 Å². The fourth-order valence-corrected chi connectivity index (χ4v) is 6.76. The molecule has 20 heteroatoms. The lowest BCUT2D eigenvalue weighted by Gasteiger charge is -2.19. The second-order valence-electron chi connectivity index (χ2n) is 13.8. The van der Waals surface area contributed by atoms with Gasteiger partial charge >= 0.3 is 0 Å². The highest BCUT2D eigenvalue weighted by Crippen LogP contribution is 2.32. The van der Waals surface area contributed by atoms with E-state index in [9.17, 15) is 28.8 Å². The average Bonchev–Trinajstić information content (AvgIpc) is 3.24. The van der Waals surface area contributed by atoms with E-state index in [4.69, 9.17) is 69.6 Å². The number of aryl methyl sites for hydroxylation is 2. The normalized spacial score (nSPS) is 12.2. The SMILES string of the molecule is CCc1cc(NC(=O)C(N=Nc2cc(C(=O)Nc3ccc(Cl)c(Cl)c3)ccc2Cl)C(C)=O)cc(CC)c1NC(=O)C(N=Nc1cc(C(=O)Nc2ccc(Cl)c(Cl)c2)ccc1Cl)C(C)=O. The number of halogens is 6. The Morgan fingerprint density at radius 3 is 1.23 bits per heavy atom. The number of Topliss-reactive ketones (excluding diaryl/α,β-unsaturated/α-hetero) is 2. The van der Waals surface area contributed by atoms with Crippen LogP contribution in [0.1, 0.15) is 59.5 Å². The van der Waals surface area contributed by atoms with Crippen LogP contribution in [0.3, 0.4) is 0 Å². The predicted molar refractivity (Wildman–Crippen MR) is 252 cm³/mol. The van der Waals surface area contributed by atoms with Crippen molar-refractivity contribution in [3.05, 3.63) is 137 Å². The van der Waals surface area contributed by atoms with Gasteiger partial charge < -0.3 is 21.3 Å². The number of ketones is 2. The van der Waals surface area contributed by atoms with Gasteiger partial charge in [-0.3, -0.25) is 28.8 Å². The molecule has 2 atom stereocenters. The maximum Gasteiger partial charge on any atom is 0.258 e. The third-order valence-electron chi connectivity index (χ3n) is 9.18. The van der Waals surface area contributed by atoms with Crippen LogP contribution in [0.2, 0.25) is 30.1 Å². The third kappa shape index (κ3) is 12.7. The summed E-state index contributed by atoms with van der Waals surface area (Å²) in [5, 5.41) is 28.3. The highest BCUT2D eigenvalue weighted by Gasteiger charge is 2.27. The molecule has 4 N–H and O–H groups in total. The van der Waals surface area contributed by atoms with E-state index in [0.717, 1.165) is 0 Å². The average molecular weight is 986 g/mol. The zero-order valence-electron chi connectivity index (χ0n) is 34.2. The van der Waals surface area contributed by atoms with E-state index in [0.29, 0.717) is 51.1 Å². The lowest BCUT2D eigenvalue weighted by Crippen LogP contribution is -2.33. The van der Waals surface area contributed by atoms with Crippen LogP contribution in [-0.2, 0) is 32.0 Å². The highest BCUT2D eigenvalue weighted by atomic mass is 35.5. The molecule has 330 valence electrons. The minimum atomic E-state index is -1.61. The largest absolute Gasteiger partial charge is 0.324 e. The van der Waals surface area contributed by atoms with Crippen LogP contribution in [0.15, 0.2) is 105 Å². The molecule has 5 aromatic carbocycles. The molecule has 0 heterocycles. The molecule has 0 saturated carbocycles. The van der Waals surface area contributed by atoms with Gasteiger partial charge in [0.25, 0.3) is 23.6 Å². The lowest BCUT2D eigenvalue weighted by molar-refractivity contribution is -0.127. The van der Waals surface area contributed by atoms with Crippen LogP contribution < -0.4 is 21.3 Å². The summed E-state index contributed by atoms with van der Waals surface area (Å²) in [5.74, 6) is -3.92. The van der Waals surface area contributed by atoms with Crippen molar-refractivity contribution in [3.8, 4) is 0 Å². The maximum absolute atomic E-state index is 13.7. The van der Waals surface area contributed by atoms with Gasteiger partial charge in [-0.25, -0.2) is 0 Å². The molecule has 4 amide bonds. The predicted octanol–water partition coefficient (Wildman–Crippen LogP) is 12.6. The molecule has 0 radical (unpaired) electrons. The molecule has 0 fully saturated rings. The summed E-state index contributed by atoms with van der Waals surface area (Å²) >= 11 is 36.7. The number of azo groups is 2. The fraction of sp³-hybridized carbons (Fsp3) is 0.182. The van der Waals surface area contributed by atoms with Gasteiger partial charge in [0.05, 0.1) is 30.1 Å². The van der Waals surface area contributed by atoms with Crippen molar-refractivity contribution in [3.63, 3.8) is 0 Å². The van der Waals surface area contributed by atoms with E-state index in [2.05, 4.69) is 41.7 Å². The van der Waals surface area contributed by atoms with Crippen molar-refractivity contribution in [2.24, 2.45) is 20.5 Å². The molecule has 64 heavy (non-hydrogen) atoms. The van der Waals surface area contributed by atoms with Crippen molar-refractivity contribution in [1.82, 2.24) is 0 Å². The third-order valence-corrected chi connectivity index (χ3v) is 11.3. The van der Waals surface area contributed by atoms with E-state index >= 15 is 0 Å². The number of carbonyl (C=O) groups is 6. The first-order chi connectivity index (χ1) is 30.4. The van der Waals surface area contributed by atoms with Crippen molar-refractivity contribution in [2.75, 3.05) is 21.3 Å². The number of carbonyl (C=O) groups excluding carboxylic acids is 6. The molecule has 2 unspecified atom stereocenters. The molecule has 0 saturated heterocycles. The van der Waals surface area contributed by atoms with E-state index in [-0.39, 0.29) is 48.3 Å². The fourth-order valence-electron chi connectivity index (χ4n) is 5.85. The van der Waals surface area contributed by atoms with Gasteiger partial charge in [0, 0.05) is 33.9 Å². The summed E-state index contributed by atoms with van der Waals surface area (Å²) in [6.07, 6.45) is 0.739. The van der Waals surface area contributed by atoms with Crippen molar-refractivity contribution in [2.45, 2.75) is 52.6 Å². The molecule has 0 aliphatic heterocycles. The second kappa shape index (κ2) is 22.2. The molecule has 14 nitrogen and oxygen atoms in total. The molecule has 0 spiro atoms. The number of hydrogen-bond donors (Lipinski definition) is 4. The summed E-state index contributed by atoms with van der Waals surface area (Å²) in [4.78, 5) is 78.6. The van der Waals surface area contributed by atoms with Gasteiger partial charge in [-0.05, 0) is 123 Å². The van der Waals surface area contributed by atoms with Crippen LogP contribution in [-0.4, -0.2) is 47.3 Å². The smallest absolute Gasteiger partial charge is 0.258 e. The first-order valence-corrected chi connectivity index (χ1v) is 21.4. The minimum Gasteiger partial charge on any atom is -0.324 e. The Balaban J connectivity index is 1.31. The molecular formula is C44H36Cl6N8O6. The number of anilines is 4. The Kier molecular flexibility index (Phi) is 17.1. The summed E-state index contributed by atoms with van der Waals surface area (Å²) in [7, 11) is 0. The maximum atomic E-state index is 13.7. The standard InChI is InChI=1S/C44H36Cl6N8O6/c1-5-23-15-29(53-43(63)38(21(3)59)57-55-36-17-25(7-11-32(36)47)41(61)51-27-9-13-30(45)34(49)19-27)16-24(6-2)40(23)54-44(64)39(22(4)60)58-56-37-18-26(8-12-33(37)48)42(62)52-28-10-14-31(46)35(50)20-28/h7-20,38-39H,5-6H2,1-4H3,(H,51,61)(H,52,62)(H,53,63)(H,54,64). The van der Waals surface area contributed by atoms with Gasteiger partial charge in [0.2, 0.25) is 12.1 Å². The van der Waals surface area contributed by atoms with Gasteiger partial charge in [-0.1, -0.05) is 83.5 Å². The van der Waals surface area contributed by atoms with E-state index in [1.807, 2.05) is 13.8 Å². The monoisotopic (exact) mass is 982 g/mol. The number of rotatable bonds is 16. The number of hydrogen-bond acceptors (Lipinski definition) is 10. The number of nitrogens with one attached hydrogen (secondary N) is 4. The topological polar surface area (TPSA) is 200 Å². The zero-order valence-corrected chi connectivity index (χ0v) is 38.7. The second-order valence-corrected chi connectivity index (χ2v) is 16.3. The zero-order chi connectivity index (χ0) is 46.8. The molecular weight excluding hydrogens is 949 g/mol. The molecule has 0 aromatic heterocycles. The van der Waals surface area contributed by atoms with Gasteiger partial charge in [0.15, 0.2) is 11.6 Å². The molecule has 5 rings (SSSR count). The van der Waals surface area contributed by atoms with Gasteiger partial charge in [0.1, 0.15) is 11.4 Å². The number of amides is 4. The Hall–Kier alpha value is -5.74. The summed E-state index contributed by atoms with van der Waals surface area (Å²) in [5.41, 5.74) is 2.95. The van der Waals surface area contributed by atoms with Gasteiger partial charge in [-0.15, -0.1) is 0 Å². The highest BCUT2D eigenvalue weighted by molar-refractivity contribution is 6.42. The van der Waals surface area contributed by atoms with Crippen LogP contribution in [0.5, 0.6) is 0 Å². The Morgan fingerprint density at radius 1 is 0.469 bits per heavy atom. The summed E-state index contributed by atoms with van der Waals surface area (Å²) in [6.45, 7) is 5.99. The molecule has 5 aromatic rings. The Bertz CT molecular complexity index is 2720. The van der Waals surface area contributed by atoms with E-state index in [1.54, 1.807) is 24.3 Å². The van der Waals surface area contributed by atoms with Crippen LogP contribution >= 0.6 is 69.6 Å². The quantitative estimate of drug-likeness (QED) is 0.0560. The molecule has 0 aliphatic carbocycles. The van der Waals surface area contributed by atoms with Crippen molar-refractivity contribution in [1.29, 1.82) is 0 Å². The Morgan fingerprint density at radius 2 is 0.859 bits per heavy atom. The lowest BCUT2D eigenvalue weighted by atomic mass is 10.0. The van der Waals surface area contributed by atoms with Crippen molar-refractivity contribution >= 4 is 139 Å². The Labute approximate surface area is 397 Å². The first kappa shape index (κ1) is 49.3. The van der Waals surface area contributed by atoms with Crippen LogP contribution in [0.25, 0.3) is 0 Å². The van der Waals surface area contributed by atoms with E-state index in [1.165, 1.54) is 74.5 Å². The van der Waals surface area contributed by atoms with E-state index < -0.39 is 47.3 Å². The molecule has 0 bridgehead atoms. The summed E-state index contributed by atoms with van der Waals surface area (Å²) < 4.78 is 0. The molecule has 0 aliphatic rings. The van der Waals surface area contributed by atoms with Gasteiger partial charge in [-0.2, -0.15) is 20.5 Å². The number of benzene rings is 5. The minimum absolute atomic E-state index is 0.0212. The summed E-state index contributed by atoms with van der Waals surface area (Å²) in [6, 6.07) is 17.6.